The smallest absolute Gasteiger partial charge is 0.231 e. The van der Waals surface area contributed by atoms with E-state index >= 15 is 0 Å². The lowest BCUT2D eigenvalue weighted by Gasteiger charge is -2.28. The summed E-state index contributed by atoms with van der Waals surface area (Å²) in [6.45, 7) is 6.14. The quantitative estimate of drug-likeness (QED) is 0.840. The molecule has 6 nitrogen and oxygen atoms in total. The van der Waals surface area contributed by atoms with Crippen LogP contribution in [0.25, 0.3) is 0 Å². The van der Waals surface area contributed by atoms with Gasteiger partial charge in [-0.05, 0) is 25.2 Å². The summed E-state index contributed by atoms with van der Waals surface area (Å²) >= 11 is 0. The lowest BCUT2D eigenvalue weighted by molar-refractivity contribution is 0.268. The van der Waals surface area contributed by atoms with Crippen molar-refractivity contribution in [1.29, 1.82) is 0 Å². The first-order valence-electron chi connectivity index (χ1n) is 8.01. The molecule has 1 aliphatic carbocycles. The fourth-order valence-corrected chi connectivity index (χ4v) is 2.80. The van der Waals surface area contributed by atoms with E-state index in [0.717, 1.165) is 24.9 Å². The Bertz CT molecular complexity index is 448. The van der Waals surface area contributed by atoms with Crippen LogP contribution in [0.3, 0.4) is 0 Å². The fraction of sp³-hybridized carbons (Fsp3) is 0.800. The monoisotopic (exact) mass is 292 g/mol. The largest absolute Gasteiger partial charge is 0.354 e. The average molecular weight is 292 g/mol. The first-order valence-corrected chi connectivity index (χ1v) is 8.01. The Labute approximate surface area is 127 Å². The normalized spacial score (nSPS) is 21.9. The summed E-state index contributed by atoms with van der Waals surface area (Å²) in [5.74, 6) is 3.49. The molecule has 2 N–H and O–H groups in total. The molecule has 1 saturated carbocycles. The molecule has 0 spiro atoms. The molecule has 1 fully saturated rings. The maximum absolute atomic E-state index is 4.48. The van der Waals surface area contributed by atoms with Gasteiger partial charge in [-0.15, -0.1) is 0 Å². The van der Waals surface area contributed by atoms with E-state index < -0.39 is 0 Å². The summed E-state index contributed by atoms with van der Waals surface area (Å²) in [5, 5.41) is 6.57. The van der Waals surface area contributed by atoms with Gasteiger partial charge in [0.05, 0.1) is 0 Å². The van der Waals surface area contributed by atoms with Crippen molar-refractivity contribution in [3.63, 3.8) is 0 Å². The van der Waals surface area contributed by atoms with Crippen LogP contribution < -0.4 is 15.5 Å². The zero-order valence-electron chi connectivity index (χ0n) is 13.7. The molecule has 0 amide bonds. The molecule has 1 aromatic heterocycles. The fourth-order valence-electron chi connectivity index (χ4n) is 2.80. The maximum Gasteiger partial charge on any atom is 0.231 e. The average Bonchev–Trinajstić information content (AvgIpc) is 2.46. The molecular formula is C15H28N6. The molecular weight excluding hydrogens is 264 g/mol. The number of nitrogens with one attached hydrogen (secondary N) is 2. The van der Waals surface area contributed by atoms with Crippen LogP contribution in [0, 0.1) is 11.8 Å². The number of rotatable bonds is 6. The topological polar surface area (TPSA) is 66.0 Å². The maximum atomic E-state index is 4.48. The molecule has 2 unspecified atom stereocenters. The highest BCUT2D eigenvalue weighted by Crippen LogP contribution is 2.29. The molecule has 1 heterocycles. The number of hydrogen-bond donors (Lipinski definition) is 2. The third kappa shape index (κ3) is 4.44. The van der Waals surface area contributed by atoms with E-state index in [-0.39, 0.29) is 0 Å². The minimum absolute atomic E-state index is 0.635. The van der Waals surface area contributed by atoms with E-state index in [1.807, 2.05) is 25.9 Å². The number of hydrogen-bond acceptors (Lipinski definition) is 6. The van der Waals surface area contributed by atoms with Crippen LogP contribution in [0.2, 0.25) is 0 Å². The van der Waals surface area contributed by atoms with Gasteiger partial charge < -0.3 is 15.5 Å². The predicted molar refractivity (Wildman–Crippen MR) is 87.9 cm³/mol. The van der Waals surface area contributed by atoms with Crippen LogP contribution in [-0.4, -0.2) is 42.1 Å². The van der Waals surface area contributed by atoms with Crippen molar-refractivity contribution in [2.75, 3.05) is 42.7 Å². The van der Waals surface area contributed by atoms with Crippen LogP contribution in [-0.2, 0) is 0 Å². The summed E-state index contributed by atoms with van der Waals surface area (Å²) in [6.07, 6.45) is 5.37. The van der Waals surface area contributed by atoms with Crippen molar-refractivity contribution >= 4 is 17.8 Å². The summed E-state index contributed by atoms with van der Waals surface area (Å²) in [5.41, 5.74) is 0. The van der Waals surface area contributed by atoms with E-state index in [2.05, 4.69) is 32.5 Å². The van der Waals surface area contributed by atoms with Gasteiger partial charge in [-0.25, -0.2) is 0 Å². The van der Waals surface area contributed by atoms with Crippen LogP contribution in [0.15, 0.2) is 0 Å². The van der Waals surface area contributed by atoms with Crippen molar-refractivity contribution in [2.45, 2.75) is 39.5 Å². The Morgan fingerprint density at radius 2 is 1.71 bits per heavy atom. The molecule has 0 saturated heterocycles. The van der Waals surface area contributed by atoms with Crippen molar-refractivity contribution in [3.05, 3.63) is 0 Å². The zero-order chi connectivity index (χ0) is 15.2. The first-order chi connectivity index (χ1) is 10.1. The molecule has 1 aromatic rings. The molecule has 2 rings (SSSR count). The van der Waals surface area contributed by atoms with E-state index in [9.17, 15) is 0 Å². The van der Waals surface area contributed by atoms with Gasteiger partial charge in [-0.1, -0.05) is 26.2 Å². The van der Waals surface area contributed by atoms with Gasteiger partial charge in [0.2, 0.25) is 17.8 Å². The van der Waals surface area contributed by atoms with Crippen molar-refractivity contribution in [1.82, 2.24) is 15.0 Å². The molecule has 6 heteroatoms. The third-order valence-electron chi connectivity index (χ3n) is 4.17. The van der Waals surface area contributed by atoms with Crippen molar-refractivity contribution in [2.24, 2.45) is 11.8 Å². The van der Waals surface area contributed by atoms with Gasteiger partial charge >= 0.3 is 0 Å². The summed E-state index contributed by atoms with van der Waals surface area (Å²) in [4.78, 5) is 15.2. The summed E-state index contributed by atoms with van der Waals surface area (Å²) in [6, 6.07) is 0. The van der Waals surface area contributed by atoms with Gasteiger partial charge in [-0.2, -0.15) is 15.0 Å². The van der Waals surface area contributed by atoms with Gasteiger partial charge in [0.25, 0.3) is 0 Å². The van der Waals surface area contributed by atoms with E-state index in [1.54, 1.807) is 0 Å². The second-order valence-corrected chi connectivity index (χ2v) is 6.11. The highest BCUT2D eigenvalue weighted by molar-refractivity contribution is 5.42. The highest BCUT2D eigenvalue weighted by Gasteiger charge is 2.21. The SMILES string of the molecule is CCNc1nc(NCC2CCCCC2C)nc(N(C)C)n1. The summed E-state index contributed by atoms with van der Waals surface area (Å²) < 4.78 is 0. The van der Waals surface area contributed by atoms with E-state index in [1.165, 1.54) is 25.7 Å². The Morgan fingerprint density at radius 3 is 2.33 bits per heavy atom. The Balaban J connectivity index is 2.04. The van der Waals surface area contributed by atoms with Crippen LogP contribution in [0.1, 0.15) is 39.5 Å². The minimum Gasteiger partial charge on any atom is -0.354 e. The third-order valence-corrected chi connectivity index (χ3v) is 4.17. The molecule has 2 atom stereocenters. The highest BCUT2D eigenvalue weighted by atomic mass is 15.3. The molecule has 1 aliphatic rings. The first kappa shape index (κ1) is 15.8. The second-order valence-electron chi connectivity index (χ2n) is 6.11. The lowest BCUT2D eigenvalue weighted by Crippen LogP contribution is -2.25. The Kier molecular flexibility index (Phi) is 5.59. The molecule has 0 aliphatic heterocycles. The number of aromatic nitrogens is 3. The molecule has 21 heavy (non-hydrogen) atoms. The number of nitrogens with zero attached hydrogens (tertiary/aromatic N) is 4. The minimum atomic E-state index is 0.635. The van der Waals surface area contributed by atoms with Crippen LogP contribution in [0.5, 0.6) is 0 Å². The Hall–Kier alpha value is -1.59. The van der Waals surface area contributed by atoms with Gasteiger partial charge in [0.15, 0.2) is 0 Å². The molecule has 0 bridgehead atoms. The number of anilines is 3. The van der Waals surface area contributed by atoms with Gasteiger partial charge in [-0.3, -0.25) is 0 Å². The molecule has 0 radical (unpaired) electrons. The molecule has 0 aromatic carbocycles. The van der Waals surface area contributed by atoms with E-state index in [4.69, 9.17) is 0 Å². The zero-order valence-corrected chi connectivity index (χ0v) is 13.7. The summed E-state index contributed by atoms with van der Waals surface area (Å²) in [7, 11) is 3.89. The van der Waals surface area contributed by atoms with Crippen molar-refractivity contribution in [3.8, 4) is 0 Å². The van der Waals surface area contributed by atoms with E-state index in [0.29, 0.717) is 17.8 Å². The standard InChI is InChI=1S/C15H28N6/c1-5-16-13-18-14(20-15(19-13)21(3)4)17-10-12-9-7-6-8-11(12)2/h11-12H,5-10H2,1-4H3,(H2,16,17,18,19,20). The van der Waals surface area contributed by atoms with Gasteiger partial charge in [0.1, 0.15) is 0 Å². The predicted octanol–water partition coefficient (Wildman–Crippen LogP) is 2.61. The van der Waals surface area contributed by atoms with Crippen LogP contribution >= 0.6 is 0 Å². The molecule has 118 valence electrons. The Morgan fingerprint density at radius 1 is 1.05 bits per heavy atom. The van der Waals surface area contributed by atoms with Gasteiger partial charge in [0, 0.05) is 27.2 Å². The lowest BCUT2D eigenvalue weighted by atomic mass is 9.80. The van der Waals surface area contributed by atoms with Crippen LogP contribution in [0.4, 0.5) is 17.8 Å². The van der Waals surface area contributed by atoms with Crippen molar-refractivity contribution < 1.29 is 0 Å². The second kappa shape index (κ2) is 7.43.